The van der Waals surface area contributed by atoms with E-state index in [0.29, 0.717) is 11.4 Å². The summed E-state index contributed by atoms with van der Waals surface area (Å²) < 4.78 is 0. The van der Waals surface area contributed by atoms with Gasteiger partial charge in [-0.15, -0.1) is 0 Å². The normalized spacial score (nSPS) is 24.3. The molecule has 0 radical (unpaired) electrons. The quantitative estimate of drug-likeness (QED) is 0.640. The van der Waals surface area contributed by atoms with Crippen molar-refractivity contribution in [1.82, 2.24) is 4.90 Å². The monoisotopic (exact) mass is 287 g/mol. The van der Waals surface area contributed by atoms with E-state index in [-0.39, 0.29) is 36.1 Å². The van der Waals surface area contributed by atoms with Crippen molar-refractivity contribution < 1.29 is 14.4 Å². The van der Waals surface area contributed by atoms with Gasteiger partial charge >= 0.3 is 0 Å². The summed E-state index contributed by atoms with van der Waals surface area (Å²) in [4.78, 5) is 37.4. The molecule has 110 valence electrons. The minimum absolute atomic E-state index is 0.199. The molecule has 2 unspecified atom stereocenters. The number of anilines is 2. The second kappa shape index (κ2) is 5.20. The van der Waals surface area contributed by atoms with Crippen LogP contribution in [0.25, 0.3) is 0 Å². The van der Waals surface area contributed by atoms with Crippen LogP contribution < -0.4 is 11.1 Å². The number of nitrogens with one attached hydrogen (secondary N) is 1. The number of carbonyl (C=O) groups is 3. The van der Waals surface area contributed by atoms with Crippen LogP contribution in [-0.2, 0) is 14.4 Å². The van der Waals surface area contributed by atoms with Gasteiger partial charge in [-0.1, -0.05) is 6.42 Å². The Kier molecular flexibility index (Phi) is 3.37. The van der Waals surface area contributed by atoms with Gasteiger partial charge < -0.3 is 11.1 Å². The third-order valence-corrected chi connectivity index (χ3v) is 4.18. The molecule has 3 rings (SSSR count). The minimum atomic E-state index is -0.374. The van der Waals surface area contributed by atoms with Crippen molar-refractivity contribution in [3.63, 3.8) is 0 Å². The largest absolute Gasteiger partial charge is 0.399 e. The molecule has 2 aliphatic rings. The summed E-state index contributed by atoms with van der Waals surface area (Å²) in [5, 5.41) is 2.66. The molecule has 3 N–H and O–H groups in total. The SMILES string of the molecule is Nc1ccc(NC(=O)CN2C(=O)C3CCCC3C2=O)cc1. The molecule has 1 saturated carbocycles. The standard InChI is InChI=1S/C15H17N3O3/c16-9-4-6-10(7-5-9)17-13(19)8-18-14(20)11-2-1-3-12(11)15(18)21/h4-7,11-12H,1-3,8,16H2,(H,17,19). The van der Waals surface area contributed by atoms with Crippen LogP contribution in [0.2, 0.25) is 0 Å². The Hall–Kier alpha value is -2.37. The molecule has 2 atom stereocenters. The lowest BCUT2D eigenvalue weighted by molar-refractivity contribution is -0.143. The van der Waals surface area contributed by atoms with Crippen molar-refractivity contribution in [2.75, 3.05) is 17.6 Å². The fourth-order valence-corrected chi connectivity index (χ4v) is 3.13. The van der Waals surface area contributed by atoms with E-state index < -0.39 is 0 Å². The number of imide groups is 1. The van der Waals surface area contributed by atoms with E-state index in [1.807, 2.05) is 0 Å². The predicted octanol–water partition coefficient (Wildman–Crippen LogP) is 0.992. The van der Waals surface area contributed by atoms with Gasteiger partial charge in [-0.3, -0.25) is 19.3 Å². The number of hydrogen-bond acceptors (Lipinski definition) is 4. The Labute approximate surface area is 122 Å². The van der Waals surface area contributed by atoms with Gasteiger partial charge in [0, 0.05) is 11.4 Å². The van der Waals surface area contributed by atoms with Crippen molar-refractivity contribution in [3.8, 4) is 0 Å². The predicted molar refractivity (Wildman–Crippen MR) is 77.0 cm³/mol. The Bertz CT molecular complexity index is 575. The van der Waals surface area contributed by atoms with Crippen LogP contribution in [0.1, 0.15) is 19.3 Å². The zero-order chi connectivity index (χ0) is 15.0. The second-order valence-electron chi connectivity index (χ2n) is 5.58. The van der Waals surface area contributed by atoms with E-state index in [4.69, 9.17) is 5.73 Å². The summed E-state index contributed by atoms with van der Waals surface area (Å²) in [6.45, 7) is -0.213. The van der Waals surface area contributed by atoms with Crippen molar-refractivity contribution >= 4 is 29.1 Å². The molecule has 0 bridgehead atoms. The van der Waals surface area contributed by atoms with Crippen molar-refractivity contribution in [2.45, 2.75) is 19.3 Å². The summed E-state index contributed by atoms with van der Waals surface area (Å²) in [6.07, 6.45) is 2.43. The maximum absolute atomic E-state index is 12.1. The molecule has 3 amide bonds. The summed E-state index contributed by atoms with van der Waals surface area (Å²) in [7, 11) is 0. The van der Waals surface area contributed by atoms with E-state index in [9.17, 15) is 14.4 Å². The number of rotatable bonds is 3. The molecule has 1 aliphatic carbocycles. The fraction of sp³-hybridized carbons (Fsp3) is 0.400. The molecule has 2 fully saturated rings. The first-order chi connectivity index (χ1) is 10.1. The number of carbonyl (C=O) groups excluding carboxylic acids is 3. The van der Waals surface area contributed by atoms with Gasteiger partial charge in [0.2, 0.25) is 17.7 Å². The highest BCUT2D eigenvalue weighted by molar-refractivity contribution is 6.08. The Balaban J connectivity index is 1.64. The van der Waals surface area contributed by atoms with Gasteiger partial charge in [-0.05, 0) is 37.1 Å². The highest BCUT2D eigenvalue weighted by atomic mass is 16.2. The number of likely N-dealkylation sites (tertiary alicyclic amines) is 1. The lowest BCUT2D eigenvalue weighted by Gasteiger charge is -2.15. The fourth-order valence-electron chi connectivity index (χ4n) is 3.13. The lowest BCUT2D eigenvalue weighted by Crippen LogP contribution is -2.38. The molecule has 21 heavy (non-hydrogen) atoms. The van der Waals surface area contributed by atoms with E-state index in [0.717, 1.165) is 24.2 Å². The molecular weight excluding hydrogens is 270 g/mol. The van der Waals surface area contributed by atoms with Gasteiger partial charge in [-0.2, -0.15) is 0 Å². The van der Waals surface area contributed by atoms with Crippen LogP contribution >= 0.6 is 0 Å². The molecule has 1 aromatic carbocycles. The topological polar surface area (TPSA) is 92.5 Å². The Morgan fingerprint density at radius 2 is 1.71 bits per heavy atom. The Morgan fingerprint density at radius 1 is 1.14 bits per heavy atom. The number of nitrogens with two attached hydrogens (primary N) is 1. The molecule has 1 saturated heterocycles. The van der Waals surface area contributed by atoms with Gasteiger partial charge in [-0.25, -0.2) is 0 Å². The van der Waals surface area contributed by atoms with Crippen molar-refractivity contribution in [1.29, 1.82) is 0 Å². The van der Waals surface area contributed by atoms with E-state index in [1.165, 1.54) is 0 Å². The number of hydrogen-bond donors (Lipinski definition) is 2. The highest BCUT2D eigenvalue weighted by Crippen LogP contribution is 2.39. The van der Waals surface area contributed by atoms with Crippen molar-refractivity contribution in [3.05, 3.63) is 24.3 Å². The second-order valence-corrected chi connectivity index (χ2v) is 5.58. The van der Waals surface area contributed by atoms with E-state index >= 15 is 0 Å². The minimum Gasteiger partial charge on any atom is -0.399 e. The lowest BCUT2D eigenvalue weighted by atomic mass is 10.00. The number of benzene rings is 1. The third kappa shape index (κ3) is 2.49. The maximum atomic E-state index is 12.1. The maximum Gasteiger partial charge on any atom is 0.244 e. The van der Waals surface area contributed by atoms with Crippen LogP contribution in [0.5, 0.6) is 0 Å². The average Bonchev–Trinajstić information content (AvgIpc) is 3.02. The molecule has 1 heterocycles. The van der Waals surface area contributed by atoms with Crippen LogP contribution in [-0.4, -0.2) is 29.2 Å². The molecule has 6 nitrogen and oxygen atoms in total. The average molecular weight is 287 g/mol. The van der Waals surface area contributed by atoms with Crippen molar-refractivity contribution in [2.24, 2.45) is 11.8 Å². The molecular formula is C15H17N3O3. The first kappa shape index (κ1) is 13.6. The summed E-state index contributed by atoms with van der Waals surface area (Å²) in [6, 6.07) is 6.70. The van der Waals surface area contributed by atoms with Gasteiger partial charge in [0.15, 0.2) is 0 Å². The Morgan fingerprint density at radius 3 is 2.29 bits per heavy atom. The van der Waals surface area contributed by atoms with Gasteiger partial charge in [0.05, 0.1) is 11.8 Å². The van der Waals surface area contributed by atoms with Gasteiger partial charge in [0.1, 0.15) is 6.54 Å². The molecule has 0 aromatic heterocycles. The summed E-state index contributed by atoms with van der Waals surface area (Å²) >= 11 is 0. The zero-order valence-electron chi connectivity index (χ0n) is 11.5. The van der Waals surface area contributed by atoms with Crippen LogP contribution in [0.3, 0.4) is 0 Å². The first-order valence-electron chi connectivity index (χ1n) is 7.07. The number of fused-ring (bicyclic) bond motifs is 1. The molecule has 6 heteroatoms. The third-order valence-electron chi connectivity index (χ3n) is 4.18. The zero-order valence-corrected chi connectivity index (χ0v) is 11.5. The first-order valence-corrected chi connectivity index (χ1v) is 7.07. The van der Waals surface area contributed by atoms with Crippen LogP contribution in [0.4, 0.5) is 11.4 Å². The smallest absolute Gasteiger partial charge is 0.244 e. The van der Waals surface area contributed by atoms with Gasteiger partial charge in [0.25, 0.3) is 0 Å². The number of nitrogen functional groups attached to an aromatic ring is 1. The number of nitrogens with zero attached hydrogens (tertiary/aromatic N) is 1. The van der Waals surface area contributed by atoms with E-state index in [1.54, 1.807) is 24.3 Å². The number of amides is 3. The molecule has 1 aromatic rings. The van der Waals surface area contributed by atoms with E-state index in [2.05, 4.69) is 5.32 Å². The summed E-state index contributed by atoms with van der Waals surface area (Å²) in [5.41, 5.74) is 6.76. The molecule has 1 aliphatic heterocycles. The molecule has 0 spiro atoms. The summed E-state index contributed by atoms with van der Waals surface area (Å²) in [5.74, 6) is -1.19. The highest BCUT2D eigenvalue weighted by Gasteiger charge is 2.49. The van der Waals surface area contributed by atoms with Crippen LogP contribution in [0.15, 0.2) is 24.3 Å². The van der Waals surface area contributed by atoms with Crippen LogP contribution in [0, 0.1) is 11.8 Å².